The monoisotopic (exact) mass is 396 g/mol. The Kier molecular flexibility index (Phi) is 5.99. The molecule has 0 spiro atoms. The molecule has 3 rings (SSSR count). The fourth-order valence-corrected chi connectivity index (χ4v) is 2.88. The predicted molar refractivity (Wildman–Crippen MR) is 109 cm³/mol. The molecule has 0 radical (unpaired) electrons. The van der Waals surface area contributed by atoms with E-state index in [0.29, 0.717) is 12.1 Å². The average molecular weight is 396 g/mol. The van der Waals surface area contributed by atoms with Crippen LogP contribution in [0.4, 0.5) is 21.7 Å². The summed E-state index contributed by atoms with van der Waals surface area (Å²) < 4.78 is 14.6. The standard InChI is InChI=1S/C20H21FN6O2/c1-12(5-4-8-28)27(23)20-16(21)10-15(18(22)29)19(26-20)25-14-9-13-6-2-3-7-17(13)24-11-14/h2-3,6-12H,4-5,23H2,1H3,(H2,22,29)(H,25,26)/t12-/m1/s1. The van der Waals surface area contributed by atoms with Crippen LogP contribution in [0.5, 0.6) is 0 Å². The van der Waals surface area contributed by atoms with Gasteiger partial charge in [0.05, 0.1) is 23.0 Å². The number of rotatable bonds is 8. The second-order valence-corrected chi connectivity index (χ2v) is 6.60. The van der Waals surface area contributed by atoms with Crippen molar-refractivity contribution < 1.29 is 14.0 Å². The van der Waals surface area contributed by atoms with Crippen molar-refractivity contribution in [2.45, 2.75) is 25.8 Å². The van der Waals surface area contributed by atoms with Gasteiger partial charge in [-0.25, -0.2) is 15.2 Å². The second-order valence-electron chi connectivity index (χ2n) is 6.60. The van der Waals surface area contributed by atoms with Gasteiger partial charge in [-0.15, -0.1) is 0 Å². The SMILES string of the molecule is C[C@H](CCC=O)N(N)c1nc(Nc2cnc3ccccc3c2)c(C(N)=O)cc1F. The van der Waals surface area contributed by atoms with E-state index in [1.165, 1.54) is 0 Å². The number of pyridine rings is 2. The highest BCUT2D eigenvalue weighted by molar-refractivity contribution is 5.99. The minimum Gasteiger partial charge on any atom is -0.365 e. The maximum absolute atomic E-state index is 14.6. The number of fused-ring (bicyclic) bond motifs is 1. The molecule has 3 aromatic rings. The number of carbonyl (C=O) groups excluding carboxylic acids is 2. The Bertz CT molecular complexity index is 1060. The van der Waals surface area contributed by atoms with Crippen LogP contribution in [-0.4, -0.2) is 28.2 Å². The molecule has 0 saturated carbocycles. The fourth-order valence-electron chi connectivity index (χ4n) is 2.88. The first-order valence-corrected chi connectivity index (χ1v) is 9.00. The van der Waals surface area contributed by atoms with Gasteiger partial charge in [0.1, 0.15) is 12.1 Å². The molecule has 5 N–H and O–H groups in total. The number of halogens is 1. The first-order chi connectivity index (χ1) is 13.9. The molecular weight excluding hydrogens is 375 g/mol. The summed E-state index contributed by atoms with van der Waals surface area (Å²) >= 11 is 0. The Balaban J connectivity index is 1.98. The van der Waals surface area contributed by atoms with Crippen LogP contribution in [0.3, 0.4) is 0 Å². The summed E-state index contributed by atoms with van der Waals surface area (Å²) in [6, 6.07) is 9.99. The van der Waals surface area contributed by atoms with Crippen LogP contribution in [0.1, 0.15) is 30.1 Å². The number of hydrogen-bond donors (Lipinski definition) is 3. The van der Waals surface area contributed by atoms with E-state index < -0.39 is 11.7 Å². The second kappa shape index (κ2) is 8.61. The number of primary amides is 1. The molecule has 1 aromatic carbocycles. The maximum atomic E-state index is 14.6. The zero-order valence-electron chi connectivity index (χ0n) is 15.8. The third-order valence-electron chi connectivity index (χ3n) is 4.50. The number of benzene rings is 1. The number of nitrogens with two attached hydrogens (primary N) is 2. The summed E-state index contributed by atoms with van der Waals surface area (Å²) in [7, 11) is 0. The molecule has 150 valence electrons. The average Bonchev–Trinajstić information content (AvgIpc) is 2.72. The van der Waals surface area contributed by atoms with Gasteiger partial charge in [-0.1, -0.05) is 18.2 Å². The molecule has 0 aliphatic carbocycles. The number of aromatic nitrogens is 2. The summed E-state index contributed by atoms with van der Waals surface area (Å²) in [5.74, 6) is 4.27. The summed E-state index contributed by atoms with van der Waals surface area (Å²) in [5.41, 5.74) is 6.63. The number of hydrogen-bond acceptors (Lipinski definition) is 7. The lowest BCUT2D eigenvalue weighted by Gasteiger charge is -2.26. The summed E-state index contributed by atoms with van der Waals surface area (Å²) in [5, 5.41) is 4.98. The van der Waals surface area contributed by atoms with E-state index >= 15 is 0 Å². The lowest BCUT2D eigenvalue weighted by atomic mass is 10.1. The van der Waals surface area contributed by atoms with Crippen LogP contribution in [0.15, 0.2) is 42.6 Å². The van der Waals surface area contributed by atoms with Crippen molar-refractivity contribution >= 4 is 40.4 Å². The molecule has 0 unspecified atom stereocenters. The molecular formula is C20H21FN6O2. The quantitative estimate of drug-likeness (QED) is 0.303. The van der Waals surface area contributed by atoms with Gasteiger partial charge < -0.3 is 15.8 Å². The van der Waals surface area contributed by atoms with E-state index in [0.717, 1.165) is 28.3 Å². The number of amides is 1. The summed E-state index contributed by atoms with van der Waals surface area (Å²) in [4.78, 5) is 30.9. The molecule has 0 bridgehead atoms. The minimum absolute atomic E-state index is 0.0593. The molecule has 0 aliphatic rings. The zero-order chi connectivity index (χ0) is 21.0. The largest absolute Gasteiger partial charge is 0.365 e. The first kappa shape index (κ1) is 20.2. The van der Waals surface area contributed by atoms with Crippen LogP contribution in [0, 0.1) is 5.82 Å². The topological polar surface area (TPSA) is 127 Å². The molecule has 2 heterocycles. The lowest BCUT2D eigenvalue weighted by molar-refractivity contribution is -0.108. The Labute approximate surface area is 166 Å². The van der Waals surface area contributed by atoms with Crippen molar-refractivity contribution in [1.82, 2.24) is 9.97 Å². The maximum Gasteiger partial charge on any atom is 0.252 e. The van der Waals surface area contributed by atoms with Crippen molar-refractivity contribution in [3.8, 4) is 0 Å². The molecule has 0 aliphatic heterocycles. The van der Waals surface area contributed by atoms with Gasteiger partial charge in [0.2, 0.25) is 0 Å². The van der Waals surface area contributed by atoms with E-state index in [1.54, 1.807) is 13.1 Å². The van der Waals surface area contributed by atoms with Crippen LogP contribution in [-0.2, 0) is 4.79 Å². The van der Waals surface area contributed by atoms with Crippen LogP contribution in [0.2, 0.25) is 0 Å². The van der Waals surface area contributed by atoms with E-state index in [9.17, 15) is 14.0 Å². The fraction of sp³-hybridized carbons (Fsp3) is 0.200. The minimum atomic E-state index is -0.836. The van der Waals surface area contributed by atoms with Crippen molar-refractivity contribution in [2.24, 2.45) is 11.6 Å². The normalized spacial score (nSPS) is 11.8. The van der Waals surface area contributed by atoms with Crippen molar-refractivity contribution in [2.75, 3.05) is 10.3 Å². The molecule has 1 amide bonds. The number of anilines is 3. The number of carbonyl (C=O) groups is 2. The van der Waals surface area contributed by atoms with E-state index in [2.05, 4.69) is 15.3 Å². The van der Waals surface area contributed by atoms with Gasteiger partial charge in [0, 0.05) is 17.8 Å². The van der Waals surface area contributed by atoms with Gasteiger partial charge >= 0.3 is 0 Å². The van der Waals surface area contributed by atoms with Gasteiger partial charge in [0.25, 0.3) is 5.91 Å². The van der Waals surface area contributed by atoms with Gasteiger partial charge in [0.15, 0.2) is 11.6 Å². The highest BCUT2D eigenvalue weighted by Crippen LogP contribution is 2.27. The van der Waals surface area contributed by atoms with Gasteiger partial charge in [-0.05, 0) is 31.5 Å². The van der Waals surface area contributed by atoms with E-state index in [1.807, 2.05) is 30.3 Å². The van der Waals surface area contributed by atoms with Gasteiger partial charge in [-0.3, -0.25) is 14.8 Å². The molecule has 2 aromatic heterocycles. The number of hydrazine groups is 1. The molecule has 8 nitrogen and oxygen atoms in total. The third kappa shape index (κ3) is 4.46. The predicted octanol–water partition coefficient (Wildman–Crippen LogP) is 2.66. The Morgan fingerprint density at radius 1 is 1.34 bits per heavy atom. The molecule has 29 heavy (non-hydrogen) atoms. The molecule has 0 fully saturated rings. The molecule has 9 heteroatoms. The summed E-state index contributed by atoms with van der Waals surface area (Å²) in [6.45, 7) is 1.74. The van der Waals surface area contributed by atoms with Gasteiger partial charge in [-0.2, -0.15) is 0 Å². The first-order valence-electron chi connectivity index (χ1n) is 9.00. The van der Waals surface area contributed by atoms with Crippen LogP contribution in [0.25, 0.3) is 10.9 Å². The highest BCUT2D eigenvalue weighted by atomic mass is 19.1. The van der Waals surface area contributed by atoms with Crippen LogP contribution < -0.4 is 21.9 Å². The Morgan fingerprint density at radius 2 is 2.10 bits per heavy atom. The van der Waals surface area contributed by atoms with Crippen LogP contribution >= 0.6 is 0 Å². The number of aldehydes is 1. The molecule has 1 atom stereocenters. The van der Waals surface area contributed by atoms with Crippen molar-refractivity contribution in [3.63, 3.8) is 0 Å². The number of nitrogens with zero attached hydrogens (tertiary/aromatic N) is 3. The van der Waals surface area contributed by atoms with Crippen molar-refractivity contribution in [3.05, 3.63) is 54.0 Å². The Hall–Kier alpha value is -3.59. The lowest BCUT2D eigenvalue weighted by Crippen LogP contribution is -2.41. The molecule has 0 saturated heterocycles. The zero-order valence-corrected chi connectivity index (χ0v) is 15.8. The smallest absolute Gasteiger partial charge is 0.252 e. The number of nitrogens with one attached hydrogen (secondary N) is 1. The highest BCUT2D eigenvalue weighted by Gasteiger charge is 2.21. The summed E-state index contributed by atoms with van der Waals surface area (Å²) in [6.07, 6.45) is 3.05. The number of para-hydroxylation sites is 1. The Morgan fingerprint density at radius 3 is 2.83 bits per heavy atom. The van der Waals surface area contributed by atoms with Crippen molar-refractivity contribution in [1.29, 1.82) is 0 Å². The van der Waals surface area contributed by atoms with E-state index in [4.69, 9.17) is 11.6 Å². The third-order valence-corrected chi connectivity index (χ3v) is 4.50. The van der Waals surface area contributed by atoms with E-state index in [-0.39, 0.29) is 29.7 Å².